The Labute approximate surface area is 174 Å². The number of aromatic nitrogens is 2. The molecule has 0 saturated heterocycles. The van der Waals surface area contributed by atoms with Crippen LogP contribution >= 0.6 is 11.6 Å². The first kappa shape index (κ1) is 21.4. The normalized spacial score (nSPS) is 11.3. The second-order valence-electron chi connectivity index (χ2n) is 6.29. The molecule has 0 saturated carbocycles. The standard InChI is InChI=1S/C19H17ClF3N5O2/c20-14-5-6-16-27-15(11-28(16)10-14)9-26-18(30)25-8-7-24-17(29)12-1-3-13(4-2-12)19(21,22)23/h1-6,10-11H,7-9H2,(H,24,29)(H2,25,26,30). The van der Waals surface area contributed by atoms with E-state index in [1.54, 1.807) is 28.9 Å². The third kappa shape index (κ3) is 5.63. The van der Waals surface area contributed by atoms with Gasteiger partial charge in [-0.2, -0.15) is 13.2 Å². The predicted molar refractivity (Wildman–Crippen MR) is 104 cm³/mol. The molecule has 0 fully saturated rings. The first-order valence-corrected chi connectivity index (χ1v) is 9.20. The van der Waals surface area contributed by atoms with Crippen LogP contribution in [0.3, 0.4) is 0 Å². The van der Waals surface area contributed by atoms with E-state index in [2.05, 4.69) is 20.9 Å². The molecule has 0 aliphatic rings. The molecule has 0 aliphatic carbocycles. The molecule has 158 valence electrons. The number of imidazole rings is 1. The molecule has 2 aromatic heterocycles. The number of fused-ring (bicyclic) bond motifs is 1. The Bertz CT molecular complexity index is 1050. The van der Waals surface area contributed by atoms with Crippen molar-refractivity contribution in [1.82, 2.24) is 25.3 Å². The van der Waals surface area contributed by atoms with E-state index in [0.29, 0.717) is 16.4 Å². The first-order valence-electron chi connectivity index (χ1n) is 8.83. The van der Waals surface area contributed by atoms with Crippen LogP contribution in [-0.2, 0) is 12.7 Å². The molecule has 11 heteroatoms. The van der Waals surface area contributed by atoms with Crippen LogP contribution in [0.15, 0.2) is 48.8 Å². The van der Waals surface area contributed by atoms with Crippen LogP contribution in [0.5, 0.6) is 0 Å². The van der Waals surface area contributed by atoms with E-state index in [0.717, 1.165) is 24.3 Å². The van der Waals surface area contributed by atoms with Gasteiger partial charge in [0.2, 0.25) is 0 Å². The molecule has 2 heterocycles. The minimum Gasteiger partial charge on any atom is -0.350 e. The van der Waals surface area contributed by atoms with Crippen molar-refractivity contribution in [3.05, 3.63) is 70.6 Å². The third-order valence-electron chi connectivity index (χ3n) is 4.07. The molecule has 7 nitrogen and oxygen atoms in total. The van der Waals surface area contributed by atoms with E-state index in [1.165, 1.54) is 0 Å². The number of carbonyl (C=O) groups is 2. The zero-order valence-corrected chi connectivity index (χ0v) is 16.2. The zero-order chi connectivity index (χ0) is 21.7. The molecule has 0 spiro atoms. The van der Waals surface area contributed by atoms with Crippen molar-refractivity contribution in [2.45, 2.75) is 12.7 Å². The number of halogens is 4. The molecule has 0 aliphatic heterocycles. The summed E-state index contributed by atoms with van der Waals surface area (Å²) in [5.74, 6) is -0.533. The lowest BCUT2D eigenvalue weighted by Gasteiger charge is -2.09. The lowest BCUT2D eigenvalue weighted by Crippen LogP contribution is -2.40. The number of nitrogens with zero attached hydrogens (tertiary/aromatic N) is 2. The van der Waals surface area contributed by atoms with Crippen LogP contribution in [-0.4, -0.2) is 34.4 Å². The Morgan fingerprint density at radius 1 is 0.967 bits per heavy atom. The number of alkyl halides is 3. The van der Waals surface area contributed by atoms with Crippen LogP contribution in [0.4, 0.5) is 18.0 Å². The summed E-state index contributed by atoms with van der Waals surface area (Å²) >= 11 is 5.91. The molecule has 0 atom stereocenters. The number of hydrogen-bond acceptors (Lipinski definition) is 3. The second-order valence-corrected chi connectivity index (χ2v) is 6.72. The molecular formula is C19H17ClF3N5O2. The average Bonchev–Trinajstić information content (AvgIpc) is 3.11. The van der Waals surface area contributed by atoms with Gasteiger partial charge in [0.1, 0.15) is 5.65 Å². The smallest absolute Gasteiger partial charge is 0.350 e. The zero-order valence-electron chi connectivity index (χ0n) is 15.5. The minimum atomic E-state index is -4.46. The Hall–Kier alpha value is -3.27. The SMILES string of the molecule is O=C(NCCNC(=O)c1ccc(C(F)(F)F)cc1)NCc1cn2cc(Cl)ccc2n1. The van der Waals surface area contributed by atoms with Gasteiger partial charge in [-0.25, -0.2) is 9.78 Å². The summed E-state index contributed by atoms with van der Waals surface area (Å²) in [6.07, 6.45) is -1.01. The van der Waals surface area contributed by atoms with Crippen LogP contribution in [0, 0.1) is 0 Å². The molecule has 0 bridgehead atoms. The maximum absolute atomic E-state index is 12.5. The summed E-state index contributed by atoms with van der Waals surface area (Å²) in [6, 6.07) is 6.90. The van der Waals surface area contributed by atoms with Crippen molar-refractivity contribution in [3.8, 4) is 0 Å². The fraction of sp³-hybridized carbons (Fsp3) is 0.211. The van der Waals surface area contributed by atoms with Gasteiger partial charge in [0, 0.05) is 31.0 Å². The molecular weight excluding hydrogens is 423 g/mol. The third-order valence-corrected chi connectivity index (χ3v) is 4.29. The number of amides is 3. The van der Waals surface area contributed by atoms with Gasteiger partial charge >= 0.3 is 12.2 Å². The number of rotatable bonds is 6. The number of pyridine rings is 1. The van der Waals surface area contributed by atoms with Crippen LogP contribution < -0.4 is 16.0 Å². The molecule has 0 unspecified atom stereocenters. The molecule has 3 amide bonds. The number of benzene rings is 1. The van der Waals surface area contributed by atoms with Gasteiger partial charge in [-0.15, -0.1) is 0 Å². The largest absolute Gasteiger partial charge is 0.416 e. The monoisotopic (exact) mass is 439 g/mol. The highest BCUT2D eigenvalue weighted by Gasteiger charge is 2.30. The Morgan fingerprint density at radius 2 is 1.67 bits per heavy atom. The fourth-order valence-corrected chi connectivity index (χ4v) is 2.77. The van der Waals surface area contributed by atoms with Gasteiger partial charge in [-0.1, -0.05) is 11.6 Å². The molecule has 3 N–H and O–H groups in total. The van der Waals surface area contributed by atoms with Gasteiger partial charge in [0.15, 0.2) is 0 Å². The van der Waals surface area contributed by atoms with Crippen molar-refractivity contribution in [2.24, 2.45) is 0 Å². The summed E-state index contributed by atoms with van der Waals surface area (Å²) in [6.45, 7) is 0.447. The summed E-state index contributed by atoms with van der Waals surface area (Å²) in [7, 11) is 0. The van der Waals surface area contributed by atoms with Crippen LogP contribution in [0.2, 0.25) is 5.02 Å². The summed E-state index contributed by atoms with van der Waals surface area (Å²) in [5, 5.41) is 8.28. The van der Waals surface area contributed by atoms with Gasteiger partial charge in [0.25, 0.3) is 5.91 Å². The lowest BCUT2D eigenvalue weighted by atomic mass is 10.1. The van der Waals surface area contributed by atoms with Crippen molar-refractivity contribution >= 4 is 29.2 Å². The highest BCUT2D eigenvalue weighted by molar-refractivity contribution is 6.30. The molecule has 3 aromatic rings. The van der Waals surface area contributed by atoms with E-state index >= 15 is 0 Å². The van der Waals surface area contributed by atoms with E-state index in [1.807, 2.05) is 0 Å². The van der Waals surface area contributed by atoms with Crippen molar-refractivity contribution < 1.29 is 22.8 Å². The van der Waals surface area contributed by atoms with Crippen molar-refractivity contribution in [1.29, 1.82) is 0 Å². The van der Waals surface area contributed by atoms with E-state index in [-0.39, 0.29) is 25.2 Å². The maximum atomic E-state index is 12.5. The van der Waals surface area contributed by atoms with Gasteiger partial charge in [-0.3, -0.25) is 4.79 Å². The summed E-state index contributed by atoms with van der Waals surface area (Å²) in [4.78, 5) is 28.1. The molecule has 3 rings (SSSR count). The number of carbonyl (C=O) groups excluding carboxylic acids is 2. The highest BCUT2D eigenvalue weighted by atomic mass is 35.5. The molecule has 1 aromatic carbocycles. The van der Waals surface area contributed by atoms with E-state index in [9.17, 15) is 22.8 Å². The Kier molecular flexibility index (Phi) is 6.46. The van der Waals surface area contributed by atoms with Gasteiger partial charge < -0.3 is 20.4 Å². The Morgan fingerprint density at radius 3 is 2.37 bits per heavy atom. The fourth-order valence-electron chi connectivity index (χ4n) is 2.60. The first-order chi connectivity index (χ1) is 14.2. The molecule has 0 radical (unpaired) electrons. The number of urea groups is 1. The average molecular weight is 440 g/mol. The summed E-state index contributed by atoms with van der Waals surface area (Å²) < 4.78 is 39.3. The van der Waals surface area contributed by atoms with Gasteiger partial charge in [0.05, 0.1) is 22.8 Å². The van der Waals surface area contributed by atoms with Crippen LogP contribution in [0.1, 0.15) is 21.6 Å². The molecule has 30 heavy (non-hydrogen) atoms. The van der Waals surface area contributed by atoms with Crippen molar-refractivity contribution in [2.75, 3.05) is 13.1 Å². The van der Waals surface area contributed by atoms with Crippen molar-refractivity contribution in [3.63, 3.8) is 0 Å². The second kappa shape index (κ2) is 9.04. The number of nitrogens with one attached hydrogen (secondary N) is 3. The number of hydrogen-bond donors (Lipinski definition) is 3. The van der Waals surface area contributed by atoms with Gasteiger partial charge in [-0.05, 0) is 36.4 Å². The maximum Gasteiger partial charge on any atom is 0.416 e. The van der Waals surface area contributed by atoms with E-state index < -0.39 is 23.7 Å². The predicted octanol–water partition coefficient (Wildman–Crippen LogP) is 3.24. The van der Waals surface area contributed by atoms with E-state index in [4.69, 9.17) is 11.6 Å². The van der Waals surface area contributed by atoms with Crippen LogP contribution in [0.25, 0.3) is 5.65 Å². The topological polar surface area (TPSA) is 87.5 Å². The summed E-state index contributed by atoms with van der Waals surface area (Å²) in [5.41, 5.74) is 0.608. The highest BCUT2D eigenvalue weighted by Crippen LogP contribution is 2.29. The lowest BCUT2D eigenvalue weighted by molar-refractivity contribution is -0.137. The Balaban J connectivity index is 1.38. The quantitative estimate of drug-likeness (QED) is 0.515. The minimum absolute atomic E-state index is 0.0967.